The predicted octanol–water partition coefficient (Wildman–Crippen LogP) is 1.48. The van der Waals surface area contributed by atoms with Crippen LogP contribution < -0.4 is 10.1 Å². The van der Waals surface area contributed by atoms with Crippen LogP contribution in [0.1, 0.15) is 16.2 Å². The summed E-state index contributed by atoms with van der Waals surface area (Å²) in [5, 5.41) is 33.3. The van der Waals surface area contributed by atoms with Gasteiger partial charge in [-0.05, 0) is 43.3 Å². The molecule has 0 saturated heterocycles. The number of ether oxygens (including phenoxy) is 1. The van der Waals surface area contributed by atoms with Crippen LogP contribution in [0.15, 0.2) is 54.7 Å². The number of aromatic nitrogens is 5. The topological polar surface area (TPSA) is 135 Å². The van der Waals surface area contributed by atoms with E-state index < -0.39 is 12.0 Å². The standard InChI is InChI=1S/C21H20N6O4/c1-13-20(21(30)24-18-6-3-9-22-25-18)27-19(23-13)8-7-17(26-27)14-4-2-5-16(10-14)31-12-15(29)11-28/h2-10,15,28-29H,11-12H2,1H3,(H,24,25,30)/t15-/m1/s1. The maximum atomic E-state index is 12.8. The van der Waals surface area contributed by atoms with Gasteiger partial charge >= 0.3 is 0 Å². The van der Waals surface area contributed by atoms with Gasteiger partial charge in [-0.15, -0.1) is 5.10 Å². The van der Waals surface area contributed by atoms with E-state index in [2.05, 4.69) is 25.6 Å². The smallest absolute Gasteiger partial charge is 0.277 e. The van der Waals surface area contributed by atoms with Crippen molar-refractivity contribution < 1.29 is 19.7 Å². The number of anilines is 1. The van der Waals surface area contributed by atoms with Crippen molar-refractivity contribution in [1.29, 1.82) is 0 Å². The summed E-state index contributed by atoms with van der Waals surface area (Å²) in [6.07, 6.45) is 0.563. The van der Waals surface area contributed by atoms with Gasteiger partial charge in [-0.25, -0.2) is 9.50 Å². The summed E-state index contributed by atoms with van der Waals surface area (Å²) in [5.41, 5.74) is 2.71. The third kappa shape index (κ3) is 4.49. The molecule has 0 bridgehead atoms. The van der Waals surface area contributed by atoms with Crippen LogP contribution in [0.4, 0.5) is 5.82 Å². The van der Waals surface area contributed by atoms with Crippen LogP contribution >= 0.6 is 0 Å². The summed E-state index contributed by atoms with van der Waals surface area (Å²) < 4.78 is 6.99. The van der Waals surface area contributed by atoms with Crippen molar-refractivity contribution in [3.63, 3.8) is 0 Å². The number of fused-ring (bicyclic) bond motifs is 1. The lowest BCUT2D eigenvalue weighted by atomic mass is 10.1. The lowest BCUT2D eigenvalue weighted by Gasteiger charge is -2.11. The van der Waals surface area contributed by atoms with Crippen molar-refractivity contribution in [1.82, 2.24) is 24.8 Å². The average Bonchev–Trinajstić information content (AvgIpc) is 3.13. The molecule has 3 N–H and O–H groups in total. The second-order valence-electron chi connectivity index (χ2n) is 6.77. The average molecular weight is 420 g/mol. The zero-order valence-electron chi connectivity index (χ0n) is 16.6. The number of aryl methyl sites for hydroxylation is 1. The number of hydrogen-bond donors (Lipinski definition) is 3. The molecule has 1 aromatic carbocycles. The van der Waals surface area contributed by atoms with Crippen LogP contribution in [0, 0.1) is 6.92 Å². The number of aliphatic hydroxyl groups excluding tert-OH is 2. The highest BCUT2D eigenvalue weighted by Crippen LogP contribution is 2.24. The molecule has 1 atom stereocenters. The van der Waals surface area contributed by atoms with Crippen molar-refractivity contribution in [2.75, 3.05) is 18.5 Å². The van der Waals surface area contributed by atoms with Crippen LogP contribution in [0.5, 0.6) is 5.75 Å². The van der Waals surface area contributed by atoms with Crippen molar-refractivity contribution >= 4 is 17.4 Å². The minimum atomic E-state index is -0.956. The SMILES string of the molecule is Cc1nc2ccc(-c3cccc(OC[C@H](O)CO)c3)nn2c1C(=O)Nc1cccnn1. The Morgan fingerprint density at radius 2 is 2.10 bits per heavy atom. The van der Waals surface area contributed by atoms with Gasteiger partial charge < -0.3 is 20.3 Å². The number of hydrogen-bond acceptors (Lipinski definition) is 8. The summed E-state index contributed by atoms with van der Waals surface area (Å²) in [4.78, 5) is 17.3. The minimum absolute atomic E-state index is 0.0279. The molecule has 0 aliphatic heterocycles. The van der Waals surface area contributed by atoms with Crippen LogP contribution in [-0.2, 0) is 0 Å². The molecule has 0 fully saturated rings. The van der Waals surface area contributed by atoms with E-state index in [-0.39, 0.29) is 13.2 Å². The monoisotopic (exact) mass is 420 g/mol. The highest BCUT2D eigenvalue weighted by molar-refractivity contribution is 6.03. The number of imidazole rings is 1. The maximum absolute atomic E-state index is 12.8. The van der Waals surface area contributed by atoms with Crippen LogP contribution in [0.2, 0.25) is 0 Å². The molecular weight excluding hydrogens is 400 g/mol. The highest BCUT2D eigenvalue weighted by atomic mass is 16.5. The molecule has 3 aromatic heterocycles. The molecule has 4 rings (SSSR count). The van der Waals surface area contributed by atoms with Gasteiger partial charge in [0.15, 0.2) is 17.2 Å². The van der Waals surface area contributed by atoms with Gasteiger partial charge in [0.25, 0.3) is 5.91 Å². The fourth-order valence-electron chi connectivity index (χ4n) is 2.99. The first-order valence-corrected chi connectivity index (χ1v) is 9.53. The van der Waals surface area contributed by atoms with Gasteiger partial charge in [0.1, 0.15) is 18.5 Å². The summed E-state index contributed by atoms with van der Waals surface area (Å²) >= 11 is 0. The van der Waals surface area contributed by atoms with E-state index in [1.807, 2.05) is 6.07 Å². The third-order valence-corrected chi connectivity index (χ3v) is 4.46. The van der Waals surface area contributed by atoms with Gasteiger partial charge in [-0.1, -0.05) is 12.1 Å². The number of nitrogens with one attached hydrogen (secondary N) is 1. The molecule has 4 aromatic rings. The summed E-state index contributed by atoms with van der Waals surface area (Å²) in [6.45, 7) is 1.33. The fraction of sp³-hybridized carbons (Fsp3) is 0.190. The number of aliphatic hydroxyl groups is 2. The number of amides is 1. The van der Waals surface area contributed by atoms with Crippen LogP contribution in [-0.4, -0.2) is 60.2 Å². The molecule has 0 aliphatic rings. The van der Waals surface area contributed by atoms with Gasteiger partial charge in [-0.3, -0.25) is 4.79 Å². The Balaban J connectivity index is 1.65. The molecule has 10 heteroatoms. The summed E-state index contributed by atoms with van der Waals surface area (Å²) in [6, 6.07) is 14.0. The maximum Gasteiger partial charge on any atom is 0.277 e. The molecule has 0 aliphatic carbocycles. The first-order chi connectivity index (χ1) is 15.0. The van der Waals surface area contributed by atoms with E-state index in [0.29, 0.717) is 34.3 Å². The van der Waals surface area contributed by atoms with E-state index in [9.17, 15) is 9.90 Å². The zero-order valence-corrected chi connectivity index (χ0v) is 16.6. The van der Waals surface area contributed by atoms with Crippen molar-refractivity contribution in [3.05, 3.63) is 66.1 Å². The second kappa shape index (κ2) is 8.86. The normalized spacial score (nSPS) is 12.0. The van der Waals surface area contributed by atoms with Crippen molar-refractivity contribution in [2.45, 2.75) is 13.0 Å². The molecule has 3 heterocycles. The van der Waals surface area contributed by atoms with Crippen LogP contribution in [0.25, 0.3) is 16.9 Å². The predicted molar refractivity (Wildman–Crippen MR) is 112 cm³/mol. The molecule has 31 heavy (non-hydrogen) atoms. The Kier molecular flexibility index (Phi) is 5.83. The first-order valence-electron chi connectivity index (χ1n) is 9.53. The fourth-order valence-corrected chi connectivity index (χ4v) is 2.99. The van der Waals surface area contributed by atoms with Gasteiger partial charge in [0.05, 0.1) is 18.0 Å². The summed E-state index contributed by atoms with van der Waals surface area (Å²) in [7, 11) is 0. The summed E-state index contributed by atoms with van der Waals surface area (Å²) in [5.74, 6) is 0.451. The highest BCUT2D eigenvalue weighted by Gasteiger charge is 2.19. The Hall–Kier alpha value is -3.89. The van der Waals surface area contributed by atoms with Gasteiger partial charge in [-0.2, -0.15) is 10.2 Å². The molecule has 158 valence electrons. The third-order valence-electron chi connectivity index (χ3n) is 4.46. The van der Waals surface area contributed by atoms with Crippen molar-refractivity contribution in [3.8, 4) is 17.0 Å². The van der Waals surface area contributed by atoms with E-state index >= 15 is 0 Å². The molecule has 10 nitrogen and oxygen atoms in total. The Labute approximate surface area is 177 Å². The molecule has 0 radical (unpaired) electrons. The lowest BCUT2D eigenvalue weighted by Crippen LogP contribution is -2.21. The zero-order chi connectivity index (χ0) is 21.8. The molecule has 0 spiro atoms. The Bertz CT molecular complexity index is 1210. The first kappa shape index (κ1) is 20.4. The number of rotatable bonds is 7. The Morgan fingerprint density at radius 1 is 1.23 bits per heavy atom. The van der Waals surface area contributed by atoms with Gasteiger partial charge in [0.2, 0.25) is 0 Å². The number of carbonyl (C=O) groups excluding carboxylic acids is 1. The Morgan fingerprint density at radius 3 is 2.87 bits per heavy atom. The van der Waals surface area contributed by atoms with Crippen molar-refractivity contribution in [2.24, 2.45) is 0 Å². The lowest BCUT2D eigenvalue weighted by molar-refractivity contribution is 0.0536. The largest absolute Gasteiger partial charge is 0.491 e. The number of carbonyl (C=O) groups is 1. The number of benzene rings is 1. The molecule has 1 amide bonds. The van der Waals surface area contributed by atoms with E-state index in [0.717, 1.165) is 5.56 Å². The van der Waals surface area contributed by atoms with E-state index in [1.165, 1.54) is 10.7 Å². The van der Waals surface area contributed by atoms with E-state index in [1.54, 1.807) is 49.4 Å². The van der Waals surface area contributed by atoms with E-state index in [4.69, 9.17) is 9.84 Å². The molecule has 0 unspecified atom stereocenters. The number of nitrogens with zero attached hydrogens (tertiary/aromatic N) is 5. The second-order valence-corrected chi connectivity index (χ2v) is 6.77. The quantitative estimate of drug-likeness (QED) is 0.409. The van der Waals surface area contributed by atoms with Gasteiger partial charge in [0, 0.05) is 11.8 Å². The molecule has 0 saturated carbocycles. The van der Waals surface area contributed by atoms with Crippen LogP contribution in [0.3, 0.4) is 0 Å². The molecular formula is C21H20N6O4. The minimum Gasteiger partial charge on any atom is -0.491 e.